The molecule has 4 aromatic rings. The number of H-pyrrole nitrogens is 1. The van der Waals surface area contributed by atoms with Crippen LogP contribution in [-0.4, -0.2) is 46.9 Å². The summed E-state index contributed by atoms with van der Waals surface area (Å²) in [5.41, 5.74) is 3.54. The smallest absolute Gasteiger partial charge is 0.335 e. The van der Waals surface area contributed by atoms with Gasteiger partial charge in [-0.1, -0.05) is 12.1 Å². The SMILES string of the molecule is O=C(O)c1ccc(OCc2cc3c(-c4ccc(S(=O)(=O)N5CCCC5)cc4)ccnc3[nH]2)cc1. The Morgan fingerprint density at radius 1 is 1.03 bits per heavy atom. The fourth-order valence-electron chi connectivity index (χ4n) is 4.15. The van der Waals surface area contributed by atoms with Crippen molar-refractivity contribution < 1.29 is 23.1 Å². The highest BCUT2D eigenvalue weighted by molar-refractivity contribution is 7.89. The largest absolute Gasteiger partial charge is 0.487 e. The van der Waals surface area contributed by atoms with E-state index in [-0.39, 0.29) is 12.2 Å². The number of aromatic carboxylic acids is 1. The van der Waals surface area contributed by atoms with Crippen LogP contribution in [0.25, 0.3) is 22.2 Å². The number of hydrogen-bond donors (Lipinski definition) is 2. The van der Waals surface area contributed by atoms with Gasteiger partial charge in [-0.2, -0.15) is 4.31 Å². The molecular formula is C25H23N3O5S. The highest BCUT2D eigenvalue weighted by Crippen LogP contribution is 2.30. The van der Waals surface area contributed by atoms with E-state index in [0.29, 0.717) is 29.4 Å². The Kier molecular flexibility index (Phi) is 5.80. The lowest BCUT2D eigenvalue weighted by atomic mass is 10.0. The lowest BCUT2D eigenvalue weighted by Crippen LogP contribution is -2.27. The Morgan fingerprint density at radius 3 is 2.41 bits per heavy atom. The number of hydrogen-bond acceptors (Lipinski definition) is 5. The summed E-state index contributed by atoms with van der Waals surface area (Å²) >= 11 is 0. The van der Waals surface area contributed by atoms with Crippen LogP contribution >= 0.6 is 0 Å². The van der Waals surface area contributed by atoms with Crippen molar-refractivity contribution in [2.75, 3.05) is 13.1 Å². The van der Waals surface area contributed by atoms with E-state index in [2.05, 4.69) is 9.97 Å². The number of nitrogens with one attached hydrogen (secondary N) is 1. The van der Waals surface area contributed by atoms with Crippen LogP contribution in [0.4, 0.5) is 0 Å². The van der Waals surface area contributed by atoms with Gasteiger partial charge in [0.2, 0.25) is 10.0 Å². The second-order valence-corrected chi connectivity index (χ2v) is 10.1. The molecule has 5 rings (SSSR count). The van der Waals surface area contributed by atoms with Gasteiger partial charge in [-0.25, -0.2) is 18.2 Å². The van der Waals surface area contributed by atoms with Crippen molar-refractivity contribution in [3.63, 3.8) is 0 Å². The third kappa shape index (κ3) is 4.27. The minimum atomic E-state index is -3.45. The van der Waals surface area contributed by atoms with Crippen molar-refractivity contribution in [1.82, 2.24) is 14.3 Å². The van der Waals surface area contributed by atoms with Crippen molar-refractivity contribution in [2.24, 2.45) is 0 Å². The maximum Gasteiger partial charge on any atom is 0.335 e. The lowest BCUT2D eigenvalue weighted by Gasteiger charge is -2.15. The fraction of sp³-hybridized carbons (Fsp3) is 0.200. The molecule has 0 spiro atoms. The van der Waals surface area contributed by atoms with Crippen LogP contribution < -0.4 is 4.74 Å². The summed E-state index contributed by atoms with van der Waals surface area (Å²) in [6, 6.07) is 17.1. The van der Waals surface area contributed by atoms with E-state index >= 15 is 0 Å². The van der Waals surface area contributed by atoms with Crippen LogP contribution in [0.5, 0.6) is 5.75 Å². The Bertz CT molecular complexity index is 1440. The highest BCUT2D eigenvalue weighted by Gasteiger charge is 2.27. The number of aromatic nitrogens is 2. The zero-order valence-corrected chi connectivity index (χ0v) is 19.1. The molecule has 2 aromatic heterocycles. The number of fused-ring (bicyclic) bond motifs is 1. The standard InChI is InChI=1S/C25H23N3O5S/c29-25(30)18-3-7-20(8-4-18)33-16-19-15-23-22(11-12-26-24(23)27-19)17-5-9-21(10-6-17)34(31,32)28-13-1-2-14-28/h3-12,15H,1-2,13-14,16H2,(H,26,27)(H,29,30). The molecule has 8 nitrogen and oxygen atoms in total. The molecule has 9 heteroatoms. The van der Waals surface area contributed by atoms with Gasteiger partial charge in [0.15, 0.2) is 0 Å². The Balaban J connectivity index is 1.36. The van der Waals surface area contributed by atoms with E-state index in [4.69, 9.17) is 9.84 Å². The minimum Gasteiger partial charge on any atom is -0.487 e. The molecule has 3 heterocycles. The molecule has 0 bridgehead atoms. The van der Waals surface area contributed by atoms with Crippen LogP contribution in [0.1, 0.15) is 28.9 Å². The molecule has 0 radical (unpaired) electrons. The fourth-order valence-corrected chi connectivity index (χ4v) is 5.67. The van der Waals surface area contributed by atoms with Crippen molar-refractivity contribution in [3.8, 4) is 16.9 Å². The molecule has 0 amide bonds. The number of carboxylic acids is 1. The first-order valence-electron chi connectivity index (χ1n) is 11.0. The van der Waals surface area contributed by atoms with E-state index in [1.54, 1.807) is 34.8 Å². The maximum absolute atomic E-state index is 12.8. The average Bonchev–Trinajstić information content (AvgIpc) is 3.53. The Hall–Kier alpha value is -3.69. The van der Waals surface area contributed by atoms with E-state index in [9.17, 15) is 13.2 Å². The molecule has 1 saturated heterocycles. The van der Waals surface area contributed by atoms with Crippen LogP contribution in [0.3, 0.4) is 0 Å². The van der Waals surface area contributed by atoms with Gasteiger partial charge in [0.05, 0.1) is 16.2 Å². The first-order chi connectivity index (χ1) is 16.4. The predicted octanol–water partition coefficient (Wildman–Crippen LogP) is 4.29. The quantitative estimate of drug-likeness (QED) is 0.411. The zero-order chi connectivity index (χ0) is 23.7. The van der Waals surface area contributed by atoms with Gasteiger partial charge < -0.3 is 14.8 Å². The number of carbonyl (C=O) groups is 1. The van der Waals surface area contributed by atoms with Crippen LogP contribution in [0.2, 0.25) is 0 Å². The molecule has 1 aliphatic heterocycles. The van der Waals surface area contributed by atoms with Gasteiger partial charge in [-0.3, -0.25) is 0 Å². The van der Waals surface area contributed by atoms with E-state index in [1.165, 1.54) is 12.1 Å². The molecule has 174 valence electrons. The molecule has 0 atom stereocenters. The molecule has 2 N–H and O–H groups in total. The molecule has 0 aliphatic carbocycles. The van der Waals surface area contributed by atoms with Crippen molar-refractivity contribution in [2.45, 2.75) is 24.3 Å². The van der Waals surface area contributed by atoms with Gasteiger partial charge in [0.1, 0.15) is 18.0 Å². The summed E-state index contributed by atoms with van der Waals surface area (Å²) < 4.78 is 32.9. The monoisotopic (exact) mass is 477 g/mol. The normalized spacial score (nSPS) is 14.5. The molecule has 34 heavy (non-hydrogen) atoms. The maximum atomic E-state index is 12.8. The highest BCUT2D eigenvalue weighted by atomic mass is 32.2. The molecule has 2 aromatic carbocycles. The number of carboxylic acid groups (broad SMARTS) is 1. The van der Waals surface area contributed by atoms with E-state index in [1.807, 2.05) is 24.3 Å². The Morgan fingerprint density at radius 2 is 1.74 bits per heavy atom. The summed E-state index contributed by atoms with van der Waals surface area (Å²) in [6.07, 6.45) is 3.51. The number of sulfonamides is 1. The number of rotatable bonds is 7. The van der Waals surface area contributed by atoms with Gasteiger partial charge in [-0.05, 0) is 72.5 Å². The number of pyridine rings is 1. The number of benzene rings is 2. The molecule has 0 unspecified atom stereocenters. The van der Waals surface area contributed by atoms with Crippen LogP contribution in [0, 0.1) is 0 Å². The number of aromatic amines is 1. The molecule has 1 aliphatic rings. The van der Waals surface area contributed by atoms with E-state index < -0.39 is 16.0 Å². The number of nitrogens with zero attached hydrogens (tertiary/aromatic N) is 2. The second-order valence-electron chi connectivity index (χ2n) is 8.17. The topological polar surface area (TPSA) is 113 Å². The average molecular weight is 478 g/mol. The van der Waals surface area contributed by atoms with E-state index in [0.717, 1.165) is 35.0 Å². The summed E-state index contributed by atoms with van der Waals surface area (Å²) in [4.78, 5) is 18.9. The van der Waals surface area contributed by atoms with Gasteiger partial charge in [0.25, 0.3) is 0 Å². The van der Waals surface area contributed by atoms with Crippen LogP contribution in [0.15, 0.2) is 71.8 Å². The van der Waals surface area contributed by atoms with Gasteiger partial charge in [-0.15, -0.1) is 0 Å². The summed E-state index contributed by atoms with van der Waals surface area (Å²) in [5, 5.41) is 9.90. The first-order valence-corrected chi connectivity index (χ1v) is 12.4. The molecule has 1 fully saturated rings. The molecule has 0 saturated carbocycles. The summed E-state index contributed by atoms with van der Waals surface area (Å²) in [6.45, 7) is 1.41. The van der Waals surface area contributed by atoms with Crippen molar-refractivity contribution in [3.05, 3.63) is 78.1 Å². The van der Waals surface area contributed by atoms with Crippen molar-refractivity contribution >= 4 is 27.0 Å². The molecular weight excluding hydrogens is 454 g/mol. The predicted molar refractivity (Wildman–Crippen MR) is 127 cm³/mol. The Labute approximate surface area is 196 Å². The summed E-state index contributed by atoms with van der Waals surface area (Å²) in [7, 11) is -3.45. The number of ether oxygens (including phenoxy) is 1. The second kappa shape index (κ2) is 8.92. The van der Waals surface area contributed by atoms with Crippen LogP contribution in [-0.2, 0) is 16.6 Å². The summed E-state index contributed by atoms with van der Waals surface area (Å²) in [5.74, 6) is -0.422. The van der Waals surface area contributed by atoms with Crippen molar-refractivity contribution in [1.29, 1.82) is 0 Å². The third-order valence-electron chi connectivity index (χ3n) is 5.95. The lowest BCUT2D eigenvalue weighted by molar-refractivity contribution is 0.0697. The van der Waals surface area contributed by atoms with Gasteiger partial charge >= 0.3 is 5.97 Å². The first kappa shape index (κ1) is 22.1. The van der Waals surface area contributed by atoms with Gasteiger partial charge in [0, 0.05) is 24.7 Å². The minimum absolute atomic E-state index is 0.200. The third-order valence-corrected chi connectivity index (χ3v) is 7.86. The zero-order valence-electron chi connectivity index (χ0n) is 18.3.